The molecule has 0 saturated carbocycles. The van der Waals surface area contributed by atoms with Gasteiger partial charge >= 0.3 is 6.18 Å². The van der Waals surface area contributed by atoms with E-state index in [1.54, 1.807) is 24.3 Å². The van der Waals surface area contributed by atoms with E-state index in [1.807, 2.05) is 0 Å². The summed E-state index contributed by atoms with van der Waals surface area (Å²) in [7, 11) is 1.54. The Morgan fingerprint density at radius 2 is 1.75 bits per heavy atom. The molecule has 3 aromatic rings. The van der Waals surface area contributed by atoms with E-state index >= 15 is 0 Å². The van der Waals surface area contributed by atoms with Gasteiger partial charge in [0, 0.05) is 17.4 Å². The number of amides is 1. The molecule has 5 nitrogen and oxygen atoms in total. The molecule has 0 saturated heterocycles. The maximum absolute atomic E-state index is 13.1. The third-order valence-electron chi connectivity index (χ3n) is 3.87. The molecule has 3 rings (SSSR count). The maximum atomic E-state index is 13.1. The van der Waals surface area contributed by atoms with Crippen LogP contribution >= 0.6 is 0 Å². The molecule has 1 amide bonds. The van der Waals surface area contributed by atoms with Gasteiger partial charge in [-0.15, -0.1) is 0 Å². The van der Waals surface area contributed by atoms with E-state index in [4.69, 9.17) is 4.74 Å². The number of alkyl halides is 3. The first-order valence-electron chi connectivity index (χ1n) is 8.21. The largest absolute Gasteiger partial charge is 0.497 e. The van der Waals surface area contributed by atoms with Crippen LogP contribution in [-0.4, -0.2) is 18.0 Å². The number of benzene rings is 2. The molecule has 2 aromatic carbocycles. The lowest BCUT2D eigenvalue weighted by Gasteiger charge is -2.14. The van der Waals surface area contributed by atoms with Crippen LogP contribution in [0.4, 0.5) is 30.4 Å². The second-order valence-corrected chi connectivity index (χ2v) is 5.78. The van der Waals surface area contributed by atoms with Crippen LogP contribution < -0.4 is 15.4 Å². The van der Waals surface area contributed by atoms with Crippen molar-refractivity contribution in [3.8, 4) is 5.75 Å². The van der Waals surface area contributed by atoms with E-state index in [-0.39, 0.29) is 17.1 Å². The number of nitrogens with one attached hydrogen (secondary N) is 2. The molecule has 0 aliphatic rings. The van der Waals surface area contributed by atoms with Crippen molar-refractivity contribution in [2.24, 2.45) is 0 Å². The average Bonchev–Trinajstić information content (AvgIpc) is 2.68. The number of hydrogen-bond acceptors (Lipinski definition) is 4. The van der Waals surface area contributed by atoms with Crippen LogP contribution in [-0.2, 0) is 6.18 Å². The van der Waals surface area contributed by atoms with Crippen molar-refractivity contribution in [2.75, 3.05) is 17.7 Å². The summed E-state index contributed by atoms with van der Waals surface area (Å²) in [6.45, 7) is 0. The van der Waals surface area contributed by atoms with E-state index < -0.39 is 17.6 Å². The van der Waals surface area contributed by atoms with Gasteiger partial charge in [-0.3, -0.25) is 4.79 Å². The normalized spacial score (nSPS) is 11.0. The number of ether oxygens (including phenoxy) is 1. The Balaban J connectivity index is 1.78. The number of hydrogen-bond donors (Lipinski definition) is 2. The standard InChI is InChI=1S/C20H16F3N3O2/c1-28-15-8-6-14(7-9-15)25-19(27)13-10-11-24-18(12-13)26-17-5-3-2-4-16(17)20(21,22)23/h2-12H,1H3,(H,24,26)(H,25,27). The van der Waals surface area contributed by atoms with Crippen molar-refractivity contribution in [2.45, 2.75) is 6.18 Å². The average molecular weight is 387 g/mol. The van der Waals surface area contributed by atoms with E-state index in [2.05, 4.69) is 15.6 Å². The molecule has 0 radical (unpaired) electrons. The number of nitrogens with zero attached hydrogens (tertiary/aromatic N) is 1. The number of halogens is 3. The highest BCUT2D eigenvalue weighted by atomic mass is 19.4. The van der Waals surface area contributed by atoms with Crippen LogP contribution in [0.25, 0.3) is 0 Å². The Morgan fingerprint density at radius 1 is 1.04 bits per heavy atom. The topological polar surface area (TPSA) is 63.2 Å². The zero-order valence-electron chi connectivity index (χ0n) is 14.7. The Morgan fingerprint density at radius 3 is 2.43 bits per heavy atom. The minimum absolute atomic E-state index is 0.124. The van der Waals surface area contributed by atoms with E-state index in [9.17, 15) is 18.0 Å². The molecule has 0 spiro atoms. The highest BCUT2D eigenvalue weighted by Crippen LogP contribution is 2.35. The van der Waals surface area contributed by atoms with Gasteiger partial charge < -0.3 is 15.4 Å². The Bertz CT molecular complexity index is 973. The predicted molar refractivity (Wildman–Crippen MR) is 99.9 cm³/mol. The number of carbonyl (C=O) groups excluding carboxylic acids is 1. The summed E-state index contributed by atoms with van der Waals surface area (Å²) in [5.41, 5.74) is -0.155. The lowest BCUT2D eigenvalue weighted by atomic mass is 10.1. The monoisotopic (exact) mass is 387 g/mol. The molecule has 1 heterocycles. The fraction of sp³-hybridized carbons (Fsp3) is 0.100. The molecule has 0 bridgehead atoms. The first kappa shape index (κ1) is 19.2. The number of methoxy groups -OCH3 is 1. The van der Waals surface area contributed by atoms with Crippen molar-refractivity contribution in [3.05, 3.63) is 78.0 Å². The van der Waals surface area contributed by atoms with Gasteiger partial charge in [-0.2, -0.15) is 13.2 Å². The van der Waals surface area contributed by atoms with Crippen molar-refractivity contribution in [3.63, 3.8) is 0 Å². The van der Waals surface area contributed by atoms with Crippen LogP contribution in [0.2, 0.25) is 0 Å². The lowest BCUT2D eigenvalue weighted by molar-refractivity contribution is -0.136. The number of aromatic nitrogens is 1. The Kier molecular flexibility index (Phi) is 5.49. The molecule has 0 atom stereocenters. The van der Waals surface area contributed by atoms with Crippen molar-refractivity contribution < 1.29 is 22.7 Å². The van der Waals surface area contributed by atoms with E-state index in [0.29, 0.717) is 11.4 Å². The molecule has 0 aliphatic carbocycles. The summed E-state index contributed by atoms with van der Waals surface area (Å²) in [6, 6.07) is 14.7. The van der Waals surface area contributed by atoms with Gasteiger partial charge in [-0.05, 0) is 48.5 Å². The number of pyridine rings is 1. The molecule has 0 fully saturated rings. The summed E-state index contributed by atoms with van der Waals surface area (Å²) in [5.74, 6) is 0.357. The van der Waals surface area contributed by atoms with Gasteiger partial charge in [0.25, 0.3) is 5.91 Å². The third kappa shape index (κ3) is 4.59. The summed E-state index contributed by atoms with van der Waals surface area (Å²) in [6.07, 6.45) is -3.16. The second kappa shape index (κ2) is 7.99. The van der Waals surface area contributed by atoms with Gasteiger partial charge in [-0.1, -0.05) is 12.1 Å². The molecule has 144 valence electrons. The molecular weight excluding hydrogens is 371 g/mol. The fourth-order valence-corrected chi connectivity index (χ4v) is 2.50. The summed E-state index contributed by atoms with van der Waals surface area (Å²) >= 11 is 0. The zero-order chi connectivity index (χ0) is 20.1. The lowest BCUT2D eigenvalue weighted by Crippen LogP contribution is -2.13. The quantitative estimate of drug-likeness (QED) is 0.639. The van der Waals surface area contributed by atoms with Gasteiger partial charge in [-0.25, -0.2) is 4.98 Å². The minimum Gasteiger partial charge on any atom is -0.497 e. The summed E-state index contributed by atoms with van der Waals surface area (Å²) < 4.78 is 44.4. The van der Waals surface area contributed by atoms with Crippen LogP contribution in [0.15, 0.2) is 66.9 Å². The number of rotatable bonds is 5. The van der Waals surface area contributed by atoms with Crippen molar-refractivity contribution >= 4 is 23.1 Å². The molecule has 2 N–H and O–H groups in total. The van der Waals surface area contributed by atoms with Gasteiger partial charge in [0.05, 0.1) is 18.4 Å². The molecule has 0 aliphatic heterocycles. The Hall–Kier alpha value is -3.55. The number of anilines is 3. The molecule has 8 heteroatoms. The molecule has 0 unspecified atom stereocenters. The third-order valence-corrected chi connectivity index (χ3v) is 3.87. The van der Waals surface area contributed by atoms with Crippen LogP contribution in [0, 0.1) is 0 Å². The van der Waals surface area contributed by atoms with Crippen LogP contribution in [0.5, 0.6) is 5.75 Å². The highest BCUT2D eigenvalue weighted by Gasteiger charge is 2.33. The smallest absolute Gasteiger partial charge is 0.418 e. The first-order chi connectivity index (χ1) is 13.4. The second-order valence-electron chi connectivity index (χ2n) is 5.78. The van der Waals surface area contributed by atoms with Crippen molar-refractivity contribution in [1.29, 1.82) is 0 Å². The van der Waals surface area contributed by atoms with Crippen molar-refractivity contribution in [1.82, 2.24) is 4.98 Å². The highest BCUT2D eigenvalue weighted by molar-refractivity contribution is 6.04. The van der Waals surface area contributed by atoms with Crippen LogP contribution in [0.3, 0.4) is 0 Å². The fourth-order valence-electron chi connectivity index (χ4n) is 2.50. The van der Waals surface area contributed by atoms with Gasteiger partial charge in [0.1, 0.15) is 11.6 Å². The maximum Gasteiger partial charge on any atom is 0.418 e. The first-order valence-corrected chi connectivity index (χ1v) is 8.21. The number of carbonyl (C=O) groups is 1. The molecule has 28 heavy (non-hydrogen) atoms. The molecule has 1 aromatic heterocycles. The molecular formula is C20H16F3N3O2. The zero-order valence-corrected chi connectivity index (χ0v) is 14.7. The predicted octanol–water partition coefficient (Wildman–Crippen LogP) is 5.10. The Labute approximate surface area is 159 Å². The van der Waals surface area contributed by atoms with Gasteiger partial charge in [0.15, 0.2) is 0 Å². The summed E-state index contributed by atoms with van der Waals surface area (Å²) in [4.78, 5) is 16.4. The van der Waals surface area contributed by atoms with Crippen LogP contribution in [0.1, 0.15) is 15.9 Å². The SMILES string of the molecule is COc1ccc(NC(=O)c2ccnc(Nc3ccccc3C(F)(F)F)c2)cc1. The number of para-hydroxylation sites is 1. The van der Waals surface area contributed by atoms with E-state index in [1.165, 1.54) is 43.6 Å². The van der Waals surface area contributed by atoms with E-state index in [0.717, 1.165) is 6.07 Å². The minimum atomic E-state index is -4.51. The summed E-state index contributed by atoms with van der Waals surface area (Å²) in [5, 5.41) is 5.33. The van der Waals surface area contributed by atoms with Gasteiger partial charge in [0.2, 0.25) is 0 Å².